The molecule has 0 N–H and O–H groups in total. The summed E-state index contributed by atoms with van der Waals surface area (Å²) in [6.45, 7) is 24.6. The van der Waals surface area contributed by atoms with E-state index < -0.39 is 41.8 Å². The smallest absolute Gasteiger partial charge is 0.330 e. The van der Waals surface area contributed by atoms with Crippen LogP contribution in [-0.2, 0) is 113 Å². The second-order valence-electron chi connectivity index (χ2n) is 16.2. The van der Waals surface area contributed by atoms with Gasteiger partial charge in [0.15, 0.2) is 0 Å². The van der Waals surface area contributed by atoms with Crippen LogP contribution in [0.2, 0.25) is 0 Å². The van der Waals surface area contributed by atoms with Crippen molar-refractivity contribution in [3.05, 3.63) is 267 Å². The quantitative estimate of drug-likeness (QED) is 0.0376. The molecule has 0 aliphatic rings. The number of ether oxygens (including phenoxy) is 7. The van der Waals surface area contributed by atoms with E-state index in [1.54, 1.807) is 12.1 Å². The molecule has 0 unspecified atom stereocenters. The van der Waals surface area contributed by atoms with Crippen molar-refractivity contribution >= 4 is 74.1 Å². The summed E-state index contributed by atoms with van der Waals surface area (Å²) in [5.41, 5.74) is 5.97. The molecular formula is C64H58O14. The second-order valence-corrected chi connectivity index (χ2v) is 16.2. The molecule has 14 heteroatoms. The Morgan fingerprint density at radius 1 is 0.256 bits per heavy atom. The Hall–Kier alpha value is -10.2. The van der Waals surface area contributed by atoms with Gasteiger partial charge in [-0.3, -0.25) is 0 Å². The summed E-state index contributed by atoms with van der Waals surface area (Å²) in [5.74, 6) is -3.23. The van der Waals surface area contributed by atoms with Crippen molar-refractivity contribution in [3.8, 4) is 0 Å². The van der Waals surface area contributed by atoms with Gasteiger partial charge in [0.2, 0.25) is 0 Å². The van der Waals surface area contributed by atoms with Gasteiger partial charge in [0.25, 0.3) is 0 Å². The summed E-state index contributed by atoms with van der Waals surface area (Å²) < 4.78 is 34.9. The van der Waals surface area contributed by atoms with Crippen molar-refractivity contribution < 1.29 is 66.7 Å². The molecule has 0 aromatic heterocycles. The van der Waals surface area contributed by atoms with Gasteiger partial charge in [0, 0.05) is 42.5 Å². The summed E-state index contributed by atoms with van der Waals surface area (Å²) in [7, 11) is 0. The molecule has 14 nitrogen and oxygen atoms in total. The number of benzene rings is 7. The average Bonchev–Trinajstić information content (AvgIpc) is 3.50. The first-order valence-corrected chi connectivity index (χ1v) is 23.8. The first-order valence-electron chi connectivity index (χ1n) is 23.8. The first kappa shape index (κ1) is 60.3. The Bertz CT molecular complexity index is 3160. The molecule has 0 amide bonds. The molecule has 0 heterocycles. The molecule has 398 valence electrons. The van der Waals surface area contributed by atoms with Gasteiger partial charge in [-0.2, -0.15) is 0 Å². The van der Waals surface area contributed by atoms with E-state index in [1.807, 2.05) is 121 Å². The second kappa shape index (κ2) is 32.9. The third-order valence-electron chi connectivity index (χ3n) is 10.7. The minimum Gasteiger partial charge on any atom is -0.458 e. The maximum atomic E-state index is 11.2. The van der Waals surface area contributed by atoms with Crippen molar-refractivity contribution in [2.75, 3.05) is 0 Å². The zero-order valence-electron chi connectivity index (χ0n) is 42.9. The lowest BCUT2D eigenvalue weighted by atomic mass is 10.0. The molecule has 7 aromatic rings. The minimum atomic E-state index is -0.498. The Kier molecular flexibility index (Phi) is 25.4. The summed E-state index contributed by atoms with van der Waals surface area (Å²) in [4.78, 5) is 77.3. The molecule has 78 heavy (non-hydrogen) atoms. The van der Waals surface area contributed by atoms with Crippen molar-refractivity contribution in [2.45, 2.75) is 46.2 Å². The molecule has 0 bridgehead atoms. The highest BCUT2D eigenvalue weighted by Gasteiger charge is 2.10. The minimum absolute atomic E-state index is 0.0939. The van der Waals surface area contributed by atoms with E-state index in [0.29, 0.717) is 0 Å². The Labute approximate surface area is 452 Å². The molecule has 0 spiro atoms. The molecule has 0 fully saturated rings. The van der Waals surface area contributed by atoms with Gasteiger partial charge in [-0.25, -0.2) is 33.6 Å². The Balaban J connectivity index is 0.000000226. The molecule has 0 aliphatic heterocycles. The fraction of sp³-hybridized carbons (Fsp3) is 0.109. The van der Waals surface area contributed by atoms with Crippen molar-refractivity contribution in [1.82, 2.24) is 0 Å². The molecule has 7 aromatic carbocycles. The predicted molar refractivity (Wildman–Crippen MR) is 298 cm³/mol. The Morgan fingerprint density at radius 2 is 0.487 bits per heavy atom. The number of fused-ring (bicyclic) bond motifs is 3. The van der Waals surface area contributed by atoms with Gasteiger partial charge in [0.1, 0.15) is 46.2 Å². The normalized spacial score (nSPS) is 9.85. The molecule has 0 saturated heterocycles. The number of carbonyl (C=O) groups is 7. The highest BCUT2D eigenvalue weighted by Crippen LogP contribution is 2.23. The van der Waals surface area contributed by atoms with Crippen LogP contribution < -0.4 is 0 Å². The van der Waals surface area contributed by atoms with E-state index in [9.17, 15) is 33.6 Å². The molecule has 7 rings (SSSR count). The van der Waals surface area contributed by atoms with Gasteiger partial charge < -0.3 is 33.2 Å². The van der Waals surface area contributed by atoms with E-state index in [4.69, 9.17) is 33.2 Å². The van der Waals surface area contributed by atoms with Gasteiger partial charge in [-0.1, -0.05) is 149 Å². The van der Waals surface area contributed by atoms with Crippen LogP contribution in [0.1, 0.15) is 38.9 Å². The van der Waals surface area contributed by atoms with Crippen LogP contribution in [-0.4, -0.2) is 41.8 Å². The highest BCUT2D eigenvalue weighted by molar-refractivity contribution is 5.87. The fourth-order valence-electron chi connectivity index (χ4n) is 6.75. The number of rotatable bonds is 21. The summed E-state index contributed by atoms with van der Waals surface area (Å²) in [5, 5.41) is 6.41. The van der Waals surface area contributed by atoms with Crippen LogP contribution in [0.25, 0.3) is 32.3 Å². The van der Waals surface area contributed by atoms with E-state index in [1.165, 1.54) is 11.5 Å². The average molecular weight is 1050 g/mol. The van der Waals surface area contributed by atoms with E-state index in [0.717, 1.165) is 102 Å². The van der Waals surface area contributed by atoms with Gasteiger partial charge in [0.05, 0.1) is 0 Å². The molecule has 0 atom stereocenters. The number of hydrogen-bond donors (Lipinski definition) is 0. The fourth-order valence-corrected chi connectivity index (χ4v) is 6.75. The highest BCUT2D eigenvalue weighted by atomic mass is 16.6. The summed E-state index contributed by atoms with van der Waals surface area (Å²) in [6.07, 6.45) is 7.87. The number of carbonyl (C=O) groups excluding carboxylic acids is 7. The van der Waals surface area contributed by atoms with Crippen molar-refractivity contribution in [2.24, 2.45) is 0 Å². The topological polar surface area (TPSA) is 184 Å². The Morgan fingerprint density at radius 3 is 0.782 bits per heavy atom. The first-order chi connectivity index (χ1) is 37.7. The van der Waals surface area contributed by atoms with Crippen molar-refractivity contribution in [1.29, 1.82) is 0 Å². The third-order valence-corrected chi connectivity index (χ3v) is 10.7. The van der Waals surface area contributed by atoms with E-state index in [-0.39, 0.29) is 46.2 Å². The van der Waals surface area contributed by atoms with Crippen LogP contribution in [0.15, 0.2) is 228 Å². The maximum Gasteiger partial charge on any atom is 0.330 e. The molecule has 0 aliphatic carbocycles. The van der Waals surface area contributed by atoms with Crippen LogP contribution in [0, 0.1) is 0 Å². The van der Waals surface area contributed by atoms with Gasteiger partial charge >= 0.3 is 41.8 Å². The monoisotopic (exact) mass is 1050 g/mol. The van der Waals surface area contributed by atoms with Crippen molar-refractivity contribution in [3.63, 3.8) is 0 Å². The molecule has 0 radical (unpaired) electrons. The number of esters is 7. The zero-order valence-corrected chi connectivity index (χ0v) is 42.9. The molecular weight excluding hydrogens is 993 g/mol. The lowest BCUT2D eigenvalue weighted by Crippen LogP contribution is -2.06. The SMILES string of the molecule is C=CC(=O)OCc1cc2ccccc2cc1COC(=O)C=C.C=CC(=O)OCc1ccc2cc(COC(=O)C=C)ccc2c1.C=CC(=O)OCc1ccc2ccccc2c1.C=CC(=O)OCc1cccc(COC(=O)C=C)c1. The lowest BCUT2D eigenvalue weighted by Gasteiger charge is -2.12. The summed E-state index contributed by atoms with van der Waals surface area (Å²) >= 11 is 0. The lowest BCUT2D eigenvalue weighted by molar-refractivity contribution is -0.140. The summed E-state index contributed by atoms with van der Waals surface area (Å²) in [6, 6.07) is 44.5. The van der Waals surface area contributed by atoms with Crippen LogP contribution >= 0.6 is 0 Å². The maximum absolute atomic E-state index is 11.2. The van der Waals surface area contributed by atoms with Crippen LogP contribution in [0.5, 0.6) is 0 Å². The standard InChI is InChI=1S/2C18H16O4.C14H14O4.C14H12O2/c1-3-17(19)21-11-13-5-7-16-10-14(6-8-15(16)9-13)12-22-18(20)4-2;1-3-17(19)21-11-15-9-13-7-5-6-8-14(13)10-16(15)12-22-18(20)4-2;1-3-13(15)17-9-11-6-5-7-12(8-11)10-18-14(16)4-2;1-2-14(15)16-10-11-7-8-12-5-3-4-6-13(12)9-11/h2*3-10H,1-2,11-12H2;3-8H,1-2,9-10H2;2-9H,1,10H2. The zero-order chi connectivity index (χ0) is 56.7. The largest absolute Gasteiger partial charge is 0.458 e. The van der Waals surface area contributed by atoms with Crippen LogP contribution in [0.3, 0.4) is 0 Å². The van der Waals surface area contributed by atoms with Crippen LogP contribution in [0.4, 0.5) is 0 Å². The molecule has 0 saturated carbocycles. The third kappa shape index (κ3) is 21.3. The van der Waals surface area contributed by atoms with Gasteiger partial charge in [-0.05, 0) is 108 Å². The van der Waals surface area contributed by atoms with E-state index >= 15 is 0 Å². The van der Waals surface area contributed by atoms with Gasteiger partial charge in [-0.15, -0.1) is 0 Å². The predicted octanol–water partition coefficient (Wildman–Crippen LogP) is 11.8. The van der Waals surface area contributed by atoms with E-state index in [2.05, 4.69) is 52.1 Å². The number of hydrogen-bond acceptors (Lipinski definition) is 14.